The zero-order valence-corrected chi connectivity index (χ0v) is 13.4. The second-order valence-electron chi connectivity index (χ2n) is 8.40. The zero-order valence-electron chi connectivity index (χ0n) is 13.4. The van der Waals surface area contributed by atoms with Crippen LogP contribution in [-0.2, 0) is 19.1 Å². The molecule has 0 aromatic carbocycles. The molecule has 0 N–H and O–H groups in total. The van der Waals surface area contributed by atoms with Crippen molar-refractivity contribution in [1.82, 2.24) is 0 Å². The Kier molecular flexibility index (Phi) is 3.19. The molecule has 0 aromatic rings. The highest BCUT2D eigenvalue weighted by atomic mass is 16.7. The predicted molar refractivity (Wildman–Crippen MR) is 82.1 cm³/mol. The van der Waals surface area contributed by atoms with E-state index in [0.29, 0.717) is 18.3 Å². The second kappa shape index (κ2) is 5.17. The van der Waals surface area contributed by atoms with E-state index in [1.807, 2.05) is 12.2 Å². The van der Waals surface area contributed by atoms with Gasteiger partial charge in [0, 0.05) is 11.8 Å². The Labute approximate surface area is 136 Å². The van der Waals surface area contributed by atoms with Crippen LogP contribution in [0.3, 0.4) is 0 Å². The first-order valence-corrected chi connectivity index (χ1v) is 9.19. The Morgan fingerprint density at radius 2 is 1.70 bits per heavy atom. The molecule has 4 heteroatoms. The number of fused-ring (bicyclic) bond motifs is 2. The molecule has 6 aliphatic carbocycles. The Bertz CT molecular complexity index is 538. The fraction of sp³-hybridized carbons (Fsp3) is 0.789. The Hall–Kier alpha value is -1.16. The van der Waals surface area contributed by atoms with Crippen molar-refractivity contribution in [2.75, 3.05) is 6.79 Å². The van der Waals surface area contributed by atoms with Gasteiger partial charge in [0.2, 0.25) is 0 Å². The first kappa shape index (κ1) is 14.2. The van der Waals surface area contributed by atoms with Gasteiger partial charge < -0.3 is 9.47 Å². The molecule has 3 atom stereocenters. The van der Waals surface area contributed by atoms with Gasteiger partial charge in [-0.15, -0.1) is 0 Å². The standard InChI is InChI=1S/C19H24O4/c20-17-12-1-2-15(17)16(8-12)19(21)23-9-22-18-13-4-10-3-11(6-13)7-14(18)5-10/h1-2,10-16,18H,3-9H2. The third kappa shape index (κ3) is 2.21. The fourth-order valence-corrected chi connectivity index (χ4v) is 6.31. The highest BCUT2D eigenvalue weighted by Gasteiger charge is 2.50. The van der Waals surface area contributed by atoms with Crippen molar-refractivity contribution in [1.29, 1.82) is 0 Å². The summed E-state index contributed by atoms with van der Waals surface area (Å²) in [5.74, 6) is 2.57. The largest absolute Gasteiger partial charge is 0.438 e. The van der Waals surface area contributed by atoms with Crippen LogP contribution in [0.15, 0.2) is 12.2 Å². The first-order chi connectivity index (χ1) is 11.2. The number of carbonyl (C=O) groups excluding carboxylic acids is 2. The number of hydrogen-bond acceptors (Lipinski definition) is 4. The summed E-state index contributed by atoms with van der Waals surface area (Å²) >= 11 is 0. The van der Waals surface area contributed by atoms with Crippen LogP contribution in [0.4, 0.5) is 0 Å². The smallest absolute Gasteiger partial charge is 0.312 e. The SMILES string of the molecule is O=C1C2C=CC1C(C(=O)OCOC1C3CC4CC(C3)CC1C4)C2. The molecule has 6 bridgehead atoms. The maximum absolute atomic E-state index is 12.2. The second-order valence-corrected chi connectivity index (χ2v) is 8.40. The Morgan fingerprint density at radius 1 is 1.00 bits per heavy atom. The molecule has 0 heterocycles. The summed E-state index contributed by atoms with van der Waals surface area (Å²) in [6.45, 7) is 0.0671. The minimum Gasteiger partial charge on any atom is -0.438 e. The fourth-order valence-electron chi connectivity index (χ4n) is 6.31. The molecule has 124 valence electrons. The zero-order chi connectivity index (χ0) is 15.6. The average Bonchev–Trinajstić information content (AvgIpc) is 3.04. The number of ether oxygens (including phenoxy) is 2. The molecule has 0 aromatic heterocycles. The first-order valence-electron chi connectivity index (χ1n) is 9.19. The quantitative estimate of drug-likeness (QED) is 0.455. The van der Waals surface area contributed by atoms with Gasteiger partial charge in [-0.2, -0.15) is 0 Å². The number of ketones is 1. The van der Waals surface area contributed by atoms with E-state index in [2.05, 4.69) is 0 Å². The van der Waals surface area contributed by atoms with Crippen molar-refractivity contribution in [3.63, 3.8) is 0 Å². The number of hydrogen-bond donors (Lipinski definition) is 0. The van der Waals surface area contributed by atoms with Gasteiger partial charge in [-0.3, -0.25) is 9.59 Å². The van der Waals surface area contributed by atoms with E-state index in [1.54, 1.807) is 0 Å². The van der Waals surface area contributed by atoms with Crippen LogP contribution in [0.5, 0.6) is 0 Å². The molecule has 0 amide bonds. The topological polar surface area (TPSA) is 52.6 Å². The molecule has 5 saturated carbocycles. The van der Waals surface area contributed by atoms with Crippen molar-refractivity contribution in [2.45, 2.75) is 44.6 Å². The summed E-state index contributed by atoms with van der Waals surface area (Å²) in [5, 5.41) is 0. The number of allylic oxidation sites excluding steroid dienone is 2. The van der Waals surface area contributed by atoms with Gasteiger partial charge in [-0.1, -0.05) is 12.2 Å². The van der Waals surface area contributed by atoms with E-state index in [-0.39, 0.29) is 42.4 Å². The highest BCUT2D eigenvalue weighted by Crippen LogP contribution is 2.54. The van der Waals surface area contributed by atoms with E-state index in [9.17, 15) is 9.59 Å². The van der Waals surface area contributed by atoms with E-state index < -0.39 is 0 Å². The van der Waals surface area contributed by atoms with Gasteiger partial charge in [-0.05, 0) is 62.2 Å². The Morgan fingerprint density at radius 3 is 2.26 bits per heavy atom. The summed E-state index contributed by atoms with van der Waals surface area (Å²) in [4.78, 5) is 24.1. The molecule has 5 fully saturated rings. The summed E-state index contributed by atoms with van der Waals surface area (Å²) in [6.07, 6.45) is 11.4. The molecule has 3 unspecified atom stereocenters. The van der Waals surface area contributed by atoms with Crippen LogP contribution in [0, 0.1) is 41.4 Å². The molecule has 0 aliphatic heterocycles. The summed E-state index contributed by atoms with van der Waals surface area (Å²) in [6, 6.07) is 0. The molecular weight excluding hydrogens is 292 g/mol. The minimum atomic E-state index is -0.278. The number of esters is 1. The summed E-state index contributed by atoms with van der Waals surface area (Å²) < 4.78 is 11.4. The van der Waals surface area contributed by atoms with Crippen molar-refractivity contribution in [3.05, 3.63) is 12.2 Å². The average molecular weight is 316 g/mol. The molecule has 6 rings (SSSR count). The lowest BCUT2D eigenvalue weighted by Gasteiger charge is -2.53. The van der Waals surface area contributed by atoms with Gasteiger partial charge in [0.05, 0.1) is 12.0 Å². The van der Waals surface area contributed by atoms with Crippen LogP contribution in [0.2, 0.25) is 0 Å². The van der Waals surface area contributed by atoms with Gasteiger partial charge in [0.1, 0.15) is 5.78 Å². The van der Waals surface area contributed by atoms with Crippen molar-refractivity contribution >= 4 is 11.8 Å². The molecule has 23 heavy (non-hydrogen) atoms. The van der Waals surface area contributed by atoms with Gasteiger partial charge in [0.15, 0.2) is 6.79 Å². The van der Waals surface area contributed by atoms with E-state index in [4.69, 9.17) is 9.47 Å². The predicted octanol–water partition coefficient (Wildman–Crippen LogP) is 2.72. The van der Waals surface area contributed by atoms with Gasteiger partial charge in [-0.25, -0.2) is 0 Å². The lowest BCUT2D eigenvalue weighted by atomic mass is 9.55. The molecule has 0 radical (unpaired) electrons. The monoisotopic (exact) mass is 316 g/mol. The number of rotatable bonds is 4. The van der Waals surface area contributed by atoms with E-state index in [0.717, 1.165) is 11.8 Å². The van der Waals surface area contributed by atoms with E-state index >= 15 is 0 Å². The van der Waals surface area contributed by atoms with Crippen molar-refractivity contribution in [2.24, 2.45) is 41.4 Å². The molecule has 6 aliphatic rings. The van der Waals surface area contributed by atoms with Crippen molar-refractivity contribution < 1.29 is 19.1 Å². The normalized spacial score (nSPS) is 49.1. The van der Waals surface area contributed by atoms with E-state index in [1.165, 1.54) is 32.1 Å². The van der Waals surface area contributed by atoms with Gasteiger partial charge in [0.25, 0.3) is 0 Å². The third-order valence-electron chi connectivity index (χ3n) is 7.09. The summed E-state index contributed by atoms with van der Waals surface area (Å²) in [5.41, 5.74) is 0. The number of Topliss-reactive ketones (excluding diaryl/α,β-unsaturated/α-hetero) is 1. The lowest BCUT2D eigenvalue weighted by molar-refractivity contribution is -0.190. The van der Waals surface area contributed by atoms with Gasteiger partial charge >= 0.3 is 5.97 Å². The minimum absolute atomic E-state index is 0.0529. The molecule has 0 saturated heterocycles. The maximum atomic E-state index is 12.2. The summed E-state index contributed by atoms with van der Waals surface area (Å²) in [7, 11) is 0. The van der Waals surface area contributed by atoms with Crippen LogP contribution in [-0.4, -0.2) is 24.6 Å². The Balaban J connectivity index is 1.15. The van der Waals surface area contributed by atoms with Crippen LogP contribution in [0.25, 0.3) is 0 Å². The number of carbonyl (C=O) groups is 2. The highest BCUT2D eigenvalue weighted by molar-refractivity contribution is 5.96. The van der Waals surface area contributed by atoms with Crippen LogP contribution < -0.4 is 0 Å². The maximum Gasteiger partial charge on any atom is 0.312 e. The molecule has 4 nitrogen and oxygen atoms in total. The van der Waals surface area contributed by atoms with Crippen LogP contribution in [0.1, 0.15) is 38.5 Å². The lowest BCUT2D eigenvalue weighted by Crippen LogP contribution is -2.49. The molecular formula is C19H24O4. The molecule has 0 spiro atoms. The third-order valence-corrected chi connectivity index (χ3v) is 7.09. The van der Waals surface area contributed by atoms with Crippen molar-refractivity contribution in [3.8, 4) is 0 Å². The van der Waals surface area contributed by atoms with Crippen LogP contribution >= 0.6 is 0 Å².